The van der Waals surface area contributed by atoms with Crippen LogP contribution in [-0.2, 0) is 4.79 Å². The Hall–Kier alpha value is -0.570. The van der Waals surface area contributed by atoms with Crippen LogP contribution in [0.4, 0.5) is 0 Å². The second kappa shape index (κ2) is 6.39. The van der Waals surface area contributed by atoms with Crippen LogP contribution in [0.15, 0.2) is 0 Å². The van der Waals surface area contributed by atoms with E-state index in [-0.39, 0.29) is 17.2 Å². The van der Waals surface area contributed by atoms with Crippen LogP contribution in [0, 0.1) is 17.3 Å². The maximum atomic E-state index is 12.0. The standard InChI is InChI=1S/C14H28N2O/c1-5-11(9-15-4)13(17)16-10-14(2,3)12-7-6-8-12/h11-12,15H,5-10H2,1-4H3,(H,16,17). The minimum Gasteiger partial charge on any atom is -0.355 e. The van der Waals surface area contributed by atoms with Crippen LogP contribution in [0.5, 0.6) is 0 Å². The van der Waals surface area contributed by atoms with Crippen molar-refractivity contribution >= 4 is 5.91 Å². The van der Waals surface area contributed by atoms with E-state index in [4.69, 9.17) is 0 Å². The second-order valence-electron chi connectivity index (χ2n) is 6.00. The minimum atomic E-state index is 0.109. The molecule has 0 heterocycles. The van der Waals surface area contributed by atoms with Crippen molar-refractivity contribution in [1.82, 2.24) is 10.6 Å². The largest absolute Gasteiger partial charge is 0.355 e. The predicted molar refractivity (Wildman–Crippen MR) is 71.8 cm³/mol. The normalized spacial score (nSPS) is 18.6. The van der Waals surface area contributed by atoms with Gasteiger partial charge in [0.25, 0.3) is 0 Å². The topological polar surface area (TPSA) is 41.1 Å². The van der Waals surface area contributed by atoms with E-state index in [1.807, 2.05) is 7.05 Å². The summed E-state index contributed by atoms with van der Waals surface area (Å²) >= 11 is 0. The molecule has 2 N–H and O–H groups in total. The van der Waals surface area contributed by atoms with Gasteiger partial charge in [0.1, 0.15) is 0 Å². The van der Waals surface area contributed by atoms with Gasteiger partial charge in [0.2, 0.25) is 5.91 Å². The molecule has 0 spiro atoms. The Morgan fingerprint density at radius 2 is 2.06 bits per heavy atom. The van der Waals surface area contributed by atoms with Gasteiger partial charge in [0, 0.05) is 13.1 Å². The third-order valence-corrected chi connectivity index (χ3v) is 4.24. The lowest BCUT2D eigenvalue weighted by atomic mass is 9.67. The van der Waals surface area contributed by atoms with Crippen molar-refractivity contribution in [1.29, 1.82) is 0 Å². The van der Waals surface area contributed by atoms with Crippen molar-refractivity contribution in [3.05, 3.63) is 0 Å². The van der Waals surface area contributed by atoms with Crippen molar-refractivity contribution < 1.29 is 4.79 Å². The van der Waals surface area contributed by atoms with Gasteiger partial charge in [-0.2, -0.15) is 0 Å². The Bertz CT molecular complexity index is 247. The molecule has 0 aromatic heterocycles. The van der Waals surface area contributed by atoms with Crippen LogP contribution in [-0.4, -0.2) is 26.0 Å². The summed E-state index contributed by atoms with van der Waals surface area (Å²) in [4.78, 5) is 12.0. The molecule has 1 aliphatic rings. The Morgan fingerprint density at radius 3 is 2.47 bits per heavy atom. The fourth-order valence-electron chi connectivity index (χ4n) is 2.46. The van der Waals surface area contributed by atoms with E-state index in [0.29, 0.717) is 0 Å². The van der Waals surface area contributed by atoms with Crippen LogP contribution in [0.2, 0.25) is 0 Å². The monoisotopic (exact) mass is 240 g/mol. The van der Waals surface area contributed by atoms with E-state index >= 15 is 0 Å². The Labute approximate surface area is 106 Å². The maximum Gasteiger partial charge on any atom is 0.224 e. The highest BCUT2D eigenvalue weighted by molar-refractivity contribution is 5.78. The van der Waals surface area contributed by atoms with Crippen molar-refractivity contribution in [3.63, 3.8) is 0 Å². The number of hydrogen-bond donors (Lipinski definition) is 2. The van der Waals surface area contributed by atoms with Crippen LogP contribution in [0.3, 0.4) is 0 Å². The van der Waals surface area contributed by atoms with E-state index < -0.39 is 0 Å². The molecule has 17 heavy (non-hydrogen) atoms. The van der Waals surface area contributed by atoms with Crippen molar-refractivity contribution in [2.75, 3.05) is 20.1 Å². The molecule has 3 nitrogen and oxygen atoms in total. The average Bonchev–Trinajstić information content (AvgIpc) is 2.19. The number of rotatable bonds is 7. The number of carbonyl (C=O) groups excluding carboxylic acids is 1. The van der Waals surface area contributed by atoms with E-state index in [0.717, 1.165) is 25.4 Å². The van der Waals surface area contributed by atoms with Crippen LogP contribution in [0.25, 0.3) is 0 Å². The smallest absolute Gasteiger partial charge is 0.224 e. The first-order chi connectivity index (χ1) is 8.01. The molecule has 1 fully saturated rings. The molecule has 0 radical (unpaired) electrons. The van der Waals surface area contributed by atoms with Crippen LogP contribution >= 0.6 is 0 Å². The molecule has 1 aliphatic carbocycles. The van der Waals surface area contributed by atoms with E-state index in [9.17, 15) is 4.79 Å². The first-order valence-electron chi connectivity index (χ1n) is 6.93. The molecule has 0 saturated heterocycles. The molecule has 3 heteroatoms. The van der Waals surface area contributed by atoms with Crippen LogP contribution in [0.1, 0.15) is 46.5 Å². The highest BCUT2D eigenvalue weighted by Crippen LogP contribution is 2.41. The summed E-state index contributed by atoms with van der Waals surface area (Å²) in [5.41, 5.74) is 0.256. The molecular formula is C14H28N2O. The zero-order valence-electron chi connectivity index (χ0n) is 11.8. The van der Waals surface area contributed by atoms with Gasteiger partial charge < -0.3 is 10.6 Å². The second-order valence-corrected chi connectivity index (χ2v) is 6.00. The lowest BCUT2D eigenvalue weighted by Gasteiger charge is -2.40. The van der Waals surface area contributed by atoms with Crippen molar-refractivity contribution in [2.24, 2.45) is 17.3 Å². The summed E-state index contributed by atoms with van der Waals surface area (Å²) in [5.74, 6) is 1.11. The molecule has 0 aromatic carbocycles. The minimum absolute atomic E-state index is 0.109. The number of nitrogens with one attached hydrogen (secondary N) is 2. The number of amides is 1. The van der Waals surface area contributed by atoms with Gasteiger partial charge in [-0.05, 0) is 37.6 Å². The van der Waals surface area contributed by atoms with Crippen LogP contribution < -0.4 is 10.6 Å². The molecule has 0 aromatic rings. The number of carbonyl (C=O) groups is 1. The maximum absolute atomic E-state index is 12.0. The van der Waals surface area contributed by atoms with Crippen molar-refractivity contribution in [3.8, 4) is 0 Å². The van der Waals surface area contributed by atoms with Gasteiger partial charge in [-0.15, -0.1) is 0 Å². The van der Waals surface area contributed by atoms with Gasteiger partial charge in [0.15, 0.2) is 0 Å². The van der Waals surface area contributed by atoms with Gasteiger partial charge in [-0.1, -0.05) is 27.2 Å². The zero-order valence-corrected chi connectivity index (χ0v) is 11.8. The summed E-state index contributed by atoms with van der Waals surface area (Å²) < 4.78 is 0. The molecule has 0 aliphatic heterocycles. The third-order valence-electron chi connectivity index (χ3n) is 4.24. The summed E-state index contributed by atoms with van der Waals surface area (Å²) in [6, 6.07) is 0. The Kier molecular flexibility index (Phi) is 5.44. The number of hydrogen-bond acceptors (Lipinski definition) is 2. The summed E-state index contributed by atoms with van der Waals surface area (Å²) in [6.45, 7) is 8.20. The molecule has 1 rings (SSSR count). The zero-order chi connectivity index (χ0) is 12.9. The first kappa shape index (κ1) is 14.5. The highest BCUT2D eigenvalue weighted by atomic mass is 16.1. The van der Waals surface area contributed by atoms with Gasteiger partial charge in [0.05, 0.1) is 5.92 Å². The summed E-state index contributed by atoms with van der Waals surface area (Å²) in [5, 5.41) is 6.21. The lowest BCUT2D eigenvalue weighted by Crippen LogP contribution is -2.44. The molecule has 0 bridgehead atoms. The highest BCUT2D eigenvalue weighted by Gasteiger charge is 2.34. The molecule has 1 saturated carbocycles. The Balaban J connectivity index is 2.35. The molecule has 1 atom stereocenters. The average molecular weight is 240 g/mol. The molecule has 1 amide bonds. The summed E-state index contributed by atoms with van der Waals surface area (Å²) in [6.07, 6.45) is 4.92. The van der Waals surface area contributed by atoms with Gasteiger partial charge >= 0.3 is 0 Å². The van der Waals surface area contributed by atoms with Crippen molar-refractivity contribution in [2.45, 2.75) is 46.5 Å². The SMILES string of the molecule is CCC(CNC)C(=O)NCC(C)(C)C1CCC1. The first-order valence-corrected chi connectivity index (χ1v) is 6.93. The predicted octanol–water partition coefficient (Wildman–Crippen LogP) is 2.17. The molecule has 1 unspecified atom stereocenters. The summed E-state index contributed by atoms with van der Waals surface area (Å²) in [7, 11) is 1.90. The molecule has 100 valence electrons. The fourth-order valence-corrected chi connectivity index (χ4v) is 2.46. The quantitative estimate of drug-likeness (QED) is 0.716. The molecular weight excluding hydrogens is 212 g/mol. The van der Waals surface area contributed by atoms with E-state index in [1.54, 1.807) is 0 Å². The Morgan fingerprint density at radius 1 is 1.41 bits per heavy atom. The van der Waals surface area contributed by atoms with E-state index in [1.165, 1.54) is 19.3 Å². The van der Waals surface area contributed by atoms with Gasteiger partial charge in [-0.25, -0.2) is 0 Å². The third kappa shape index (κ3) is 3.98. The van der Waals surface area contributed by atoms with E-state index in [2.05, 4.69) is 31.4 Å². The lowest BCUT2D eigenvalue weighted by molar-refractivity contribution is -0.125. The fraction of sp³-hybridized carbons (Fsp3) is 0.929. The van der Waals surface area contributed by atoms with Gasteiger partial charge in [-0.3, -0.25) is 4.79 Å².